The topological polar surface area (TPSA) is 21.3 Å². The summed E-state index contributed by atoms with van der Waals surface area (Å²) < 4.78 is 5.22. The molecule has 0 saturated carbocycles. The maximum Gasteiger partial charge on any atom is 0.118 e. The fraction of sp³-hybridized carbons (Fsp3) is 0.600. The van der Waals surface area contributed by atoms with Crippen LogP contribution in [0.5, 0.6) is 5.75 Å². The van der Waals surface area contributed by atoms with Crippen molar-refractivity contribution in [1.29, 1.82) is 0 Å². The van der Waals surface area contributed by atoms with Gasteiger partial charge >= 0.3 is 0 Å². The lowest BCUT2D eigenvalue weighted by Gasteiger charge is -2.24. The largest absolute Gasteiger partial charge is 0.497 e. The first-order valence-corrected chi connectivity index (χ1v) is 9.20. The Hall–Kier alpha value is -0.320. The zero-order valence-electron chi connectivity index (χ0n) is 11.7. The molecule has 1 atom stereocenters. The Kier molecular flexibility index (Phi) is 6.41. The van der Waals surface area contributed by atoms with Crippen LogP contribution in [0.1, 0.15) is 24.9 Å². The summed E-state index contributed by atoms with van der Waals surface area (Å²) in [6.45, 7) is 2.25. The zero-order chi connectivity index (χ0) is 13.5. The average Bonchev–Trinajstić information content (AvgIpc) is 2.73. The van der Waals surface area contributed by atoms with Gasteiger partial charge in [-0.05, 0) is 24.1 Å². The van der Waals surface area contributed by atoms with E-state index in [2.05, 4.69) is 60.0 Å². The molecule has 2 nitrogen and oxygen atoms in total. The van der Waals surface area contributed by atoms with Crippen LogP contribution >= 0.6 is 23.5 Å². The molecule has 0 aromatic heterocycles. The first kappa shape index (κ1) is 15.1. The Morgan fingerprint density at radius 2 is 1.84 bits per heavy atom. The number of benzene rings is 1. The number of hydrogen-bond acceptors (Lipinski definition) is 4. The fourth-order valence-electron chi connectivity index (χ4n) is 2.28. The van der Waals surface area contributed by atoms with Crippen LogP contribution in [0.25, 0.3) is 0 Å². The lowest BCUT2D eigenvalue weighted by Crippen LogP contribution is -2.36. The summed E-state index contributed by atoms with van der Waals surface area (Å²) in [6.07, 6.45) is 1.12. The van der Waals surface area contributed by atoms with Gasteiger partial charge in [-0.3, -0.25) is 0 Å². The molecule has 1 heterocycles. The summed E-state index contributed by atoms with van der Waals surface area (Å²) in [5, 5.41) is 3.82. The predicted molar refractivity (Wildman–Crippen MR) is 87.6 cm³/mol. The van der Waals surface area contributed by atoms with Crippen molar-refractivity contribution < 1.29 is 4.74 Å². The monoisotopic (exact) mass is 297 g/mol. The molecule has 1 fully saturated rings. The summed E-state index contributed by atoms with van der Waals surface area (Å²) in [7, 11) is 1.71. The van der Waals surface area contributed by atoms with Gasteiger partial charge in [0.1, 0.15) is 5.75 Å². The summed E-state index contributed by atoms with van der Waals surface area (Å²) >= 11 is 4.15. The molecule has 0 aliphatic carbocycles. The Bertz CT molecular complexity index is 361. The van der Waals surface area contributed by atoms with Crippen LogP contribution < -0.4 is 10.1 Å². The molecule has 1 N–H and O–H groups in total. The van der Waals surface area contributed by atoms with E-state index in [1.165, 1.54) is 28.6 Å². The van der Waals surface area contributed by atoms with Crippen LogP contribution in [0.4, 0.5) is 0 Å². The lowest BCUT2D eigenvalue weighted by molar-refractivity contribution is 0.414. The van der Waals surface area contributed by atoms with E-state index in [0.717, 1.165) is 12.2 Å². The van der Waals surface area contributed by atoms with Crippen molar-refractivity contribution >= 4 is 23.5 Å². The highest BCUT2D eigenvalue weighted by atomic mass is 32.2. The Morgan fingerprint density at radius 1 is 1.21 bits per heavy atom. The molecule has 1 aliphatic heterocycles. The Labute approximate surface area is 125 Å². The van der Waals surface area contributed by atoms with E-state index in [1.807, 2.05) is 0 Å². The third-order valence-corrected chi connectivity index (χ3v) is 5.89. The van der Waals surface area contributed by atoms with Crippen LogP contribution in [0.15, 0.2) is 24.3 Å². The zero-order valence-corrected chi connectivity index (χ0v) is 13.4. The number of nitrogens with one attached hydrogen (secondary N) is 1. The molecule has 1 aromatic rings. The first-order valence-electron chi connectivity index (χ1n) is 6.89. The van der Waals surface area contributed by atoms with E-state index in [4.69, 9.17) is 4.74 Å². The number of rotatable bonds is 5. The maximum atomic E-state index is 5.22. The SMILES string of the molecule is CCC(NC1CSCCSC1)c1ccc(OC)cc1. The summed E-state index contributed by atoms with van der Waals surface area (Å²) in [5.74, 6) is 5.99. The molecule has 0 bridgehead atoms. The smallest absolute Gasteiger partial charge is 0.118 e. The molecule has 1 unspecified atom stereocenters. The molecule has 2 rings (SSSR count). The van der Waals surface area contributed by atoms with Crippen LogP contribution in [0.3, 0.4) is 0 Å². The van der Waals surface area contributed by atoms with E-state index in [9.17, 15) is 0 Å². The summed E-state index contributed by atoms with van der Waals surface area (Å²) in [4.78, 5) is 0. The van der Waals surface area contributed by atoms with E-state index >= 15 is 0 Å². The molecule has 106 valence electrons. The summed E-state index contributed by atoms with van der Waals surface area (Å²) in [5.41, 5.74) is 1.36. The third kappa shape index (κ3) is 4.62. The van der Waals surface area contributed by atoms with Crippen LogP contribution in [-0.2, 0) is 0 Å². The lowest BCUT2D eigenvalue weighted by atomic mass is 10.0. The van der Waals surface area contributed by atoms with Gasteiger partial charge in [-0.25, -0.2) is 0 Å². The molecular weight excluding hydrogens is 274 g/mol. The van der Waals surface area contributed by atoms with Gasteiger partial charge in [-0.15, -0.1) is 0 Å². The van der Waals surface area contributed by atoms with Crippen molar-refractivity contribution in [2.45, 2.75) is 25.4 Å². The fourth-order valence-corrected chi connectivity index (χ4v) is 4.71. The molecule has 0 radical (unpaired) electrons. The molecule has 0 amide bonds. The standard InChI is InChI=1S/C15H23NOS2/c1-3-15(12-4-6-14(17-2)7-5-12)16-13-10-18-8-9-19-11-13/h4-7,13,15-16H,3,8-11H2,1-2H3. The van der Waals surface area contributed by atoms with E-state index < -0.39 is 0 Å². The molecule has 19 heavy (non-hydrogen) atoms. The Morgan fingerprint density at radius 3 is 2.37 bits per heavy atom. The number of ether oxygens (including phenoxy) is 1. The summed E-state index contributed by atoms with van der Waals surface area (Å²) in [6, 6.07) is 9.54. The molecule has 4 heteroatoms. The molecule has 1 saturated heterocycles. The van der Waals surface area contributed by atoms with Gasteiger partial charge in [0.25, 0.3) is 0 Å². The van der Waals surface area contributed by atoms with Crippen molar-refractivity contribution in [3.05, 3.63) is 29.8 Å². The van der Waals surface area contributed by atoms with Gasteiger partial charge < -0.3 is 10.1 Å². The van der Waals surface area contributed by atoms with Crippen LogP contribution in [0.2, 0.25) is 0 Å². The van der Waals surface area contributed by atoms with Crippen LogP contribution in [-0.4, -0.2) is 36.2 Å². The highest BCUT2D eigenvalue weighted by molar-refractivity contribution is 8.03. The van der Waals surface area contributed by atoms with Crippen molar-refractivity contribution in [1.82, 2.24) is 5.32 Å². The normalized spacial score (nSPS) is 18.8. The van der Waals surface area contributed by atoms with Crippen molar-refractivity contribution in [2.24, 2.45) is 0 Å². The van der Waals surface area contributed by atoms with Crippen molar-refractivity contribution in [2.75, 3.05) is 30.1 Å². The third-order valence-electron chi connectivity index (χ3n) is 3.37. The molecular formula is C15H23NOS2. The maximum absolute atomic E-state index is 5.22. The van der Waals surface area contributed by atoms with Gasteiger partial charge in [-0.1, -0.05) is 19.1 Å². The second kappa shape index (κ2) is 8.08. The number of hydrogen-bond donors (Lipinski definition) is 1. The van der Waals surface area contributed by atoms with Gasteiger partial charge in [0.2, 0.25) is 0 Å². The quantitative estimate of drug-likeness (QED) is 0.896. The highest BCUT2D eigenvalue weighted by Gasteiger charge is 2.17. The van der Waals surface area contributed by atoms with E-state index in [1.54, 1.807) is 7.11 Å². The molecule has 0 spiro atoms. The van der Waals surface area contributed by atoms with Crippen molar-refractivity contribution in [3.63, 3.8) is 0 Å². The van der Waals surface area contributed by atoms with E-state index in [-0.39, 0.29) is 0 Å². The van der Waals surface area contributed by atoms with Crippen LogP contribution in [0, 0.1) is 0 Å². The second-order valence-electron chi connectivity index (χ2n) is 4.75. The minimum Gasteiger partial charge on any atom is -0.497 e. The van der Waals surface area contributed by atoms with Crippen molar-refractivity contribution in [3.8, 4) is 5.75 Å². The molecule has 1 aliphatic rings. The van der Waals surface area contributed by atoms with Gasteiger partial charge in [0, 0.05) is 35.1 Å². The molecule has 1 aromatic carbocycles. The number of thioether (sulfide) groups is 2. The minimum absolute atomic E-state index is 0.454. The highest BCUT2D eigenvalue weighted by Crippen LogP contribution is 2.23. The van der Waals surface area contributed by atoms with E-state index in [0.29, 0.717) is 12.1 Å². The van der Waals surface area contributed by atoms with Gasteiger partial charge in [0.15, 0.2) is 0 Å². The van der Waals surface area contributed by atoms with Gasteiger partial charge in [0.05, 0.1) is 7.11 Å². The average molecular weight is 297 g/mol. The predicted octanol–water partition coefficient (Wildman–Crippen LogP) is 3.58. The first-order chi connectivity index (χ1) is 9.33. The minimum atomic E-state index is 0.454. The van der Waals surface area contributed by atoms with Gasteiger partial charge in [-0.2, -0.15) is 23.5 Å². The second-order valence-corrected chi connectivity index (χ2v) is 7.05. The number of methoxy groups -OCH3 is 1. The Balaban J connectivity index is 1.97.